The Kier molecular flexibility index (Phi) is 1.36. The SMILES string of the molecule is Nc1nnc(-c2cccs2)[nH]1. The van der Waals surface area contributed by atoms with Gasteiger partial charge in [0.05, 0.1) is 4.88 Å². The van der Waals surface area contributed by atoms with Gasteiger partial charge in [-0.15, -0.1) is 21.5 Å². The van der Waals surface area contributed by atoms with Crippen molar-refractivity contribution in [1.29, 1.82) is 0 Å². The van der Waals surface area contributed by atoms with E-state index in [9.17, 15) is 0 Å². The molecule has 0 aliphatic carbocycles. The zero-order valence-electron chi connectivity index (χ0n) is 5.61. The van der Waals surface area contributed by atoms with Crippen molar-refractivity contribution in [3.8, 4) is 10.7 Å². The van der Waals surface area contributed by atoms with Gasteiger partial charge in [0, 0.05) is 0 Å². The Morgan fingerprint density at radius 1 is 1.45 bits per heavy atom. The molecule has 2 aromatic heterocycles. The van der Waals surface area contributed by atoms with Crippen LogP contribution in [0.25, 0.3) is 10.7 Å². The molecule has 3 N–H and O–H groups in total. The number of H-pyrrole nitrogens is 1. The summed E-state index contributed by atoms with van der Waals surface area (Å²) in [6.45, 7) is 0. The first-order valence-electron chi connectivity index (χ1n) is 3.08. The van der Waals surface area contributed by atoms with Crippen LogP contribution in [0.2, 0.25) is 0 Å². The lowest BCUT2D eigenvalue weighted by molar-refractivity contribution is 1.11. The summed E-state index contributed by atoms with van der Waals surface area (Å²) in [5, 5.41) is 9.47. The molecule has 0 radical (unpaired) electrons. The topological polar surface area (TPSA) is 67.6 Å². The normalized spacial score (nSPS) is 10.2. The van der Waals surface area contributed by atoms with E-state index in [2.05, 4.69) is 15.2 Å². The molecule has 0 fully saturated rings. The van der Waals surface area contributed by atoms with Gasteiger partial charge in [-0.05, 0) is 11.4 Å². The summed E-state index contributed by atoms with van der Waals surface area (Å²) in [6.07, 6.45) is 0. The van der Waals surface area contributed by atoms with Gasteiger partial charge in [-0.3, -0.25) is 0 Å². The lowest BCUT2D eigenvalue weighted by Crippen LogP contribution is -1.84. The van der Waals surface area contributed by atoms with Crippen LogP contribution in [-0.4, -0.2) is 15.2 Å². The number of rotatable bonds is 1. The van der Waals surface area contributed by atoms with Gasteiger partial charge >= 0.3 is 0 Å². The molecule has 11 heavy (non-hydrogen) atoms. The molecule has 0 saturated heterocycles. The third-order valence-corrected chi connectivity index (χ3v) is 2.14. The van der Waals surface area contributed by atoms with E-state index in [0.29, 0.717) is 5.95 Å². The molecule has 0 saturated carbocycles. The van der Waals surface area contributed by atoms with Crippen LogP contribution in [0.3, 0.4) is 0 Å². The van der Waals surface area contributed by atoms with Gasteiger partial charge in [-0.1, -0.05) is 6.07 Å². The molecule has 0 atom stereocenters. The molecule has 2 aromatic rings. The highest BCUT2D eigenvalue weighted by molar-refractivity contribution is 7.13. The molecule has 4 nitrogen and oxygen atoms in total. The number of hydrogen-bond donors (Lipinski definition) is 2. The van der Waals surface area contributed by atoms with E-state index in [-0.39, 0.29) is 0 Å². The molecule has 0 amide bonds. The maximum absolute atomic E-state index is 5.36. The Morgan fingerprint density at radius 3 is 2.91 bits per heavy atom. The molecular weight excluding hydrogens is 160 g/mol. The summed E-state index contributed by atoms with van der Waals surface area (Å²) in [5.41, 5.74) is 5.36. The summed E-state index contributed by atoms with van der Waals surface area (Å²) >= 11 is 1.60. The van der Waals surface area contributed by atoms with Gasteiger partial charge in [0.1, 0.15) is 0 Å². The number of aromatic nitrogens is 3. The fraction of sp³-hybridized carbons (Fsp3) is 0. The average Bonchev–Trinajstić information content (AvgIpc) is 2.55. The van der Waals surface area contributed by atoms with Gasteiger partial charge in [0.2, 0.25) is 5.95 Å². The van der Waals surface area contributed by atoms with Gasteiger partial charge < -0.3 is 10.7 Å². The number of nitrogens with zero attached hydrogens (tertiary/aromatic N) is 2. The second kappa shape index (κ2) is 2.35. The Hall–Kier alpha value is -1.36. The first-order chi connectivity index (χ1) is 5.36. The number of nitrogens with two attached hydrogens (primary N) is 1. The molecule has 0 aromatic carbocycles. The van der Waals surface area contributed by atoms with Crippen LogP contribution in [-0.2, 0) is 0 Å². The Bertz CT molecular complexity index is 337. The highest BCUT2D eigenvalue weighted by Crippen LogP contribution is 2.20. The Morgan fingerprint density at radius 2 is 2.36 bits per heavy atom. The van der Waals surface area contributed by atoms with Gasteiger partial charge in [-0.25, -0.2) is 0 Å². The fourth-order valence-corrected chi connectivity index (χ4v) is 1.46. The zero-order chi connectivity index (χ0) is 7.68. The van der Waals surface area contributed by atoms with Crippen LogP contribution in [0.1, 0.15) is 0 Å². The van der Waals surface area contributed by atoms with E-state index in [1.165, 1.54) is 0 Å². The predicted molar refractivity (Wildman–Crippen MR) is 44.1 cm³/mol. The number of aromatic amines is 1. The van der Waals surface area contributed by atoms with Crippen LogP contribution >= 0.6 is 11.3 Å². The number of nitrogen functional groups attached to an aromatic ring is 1. The van der Waals surface area contributed by atoms with Crippen molar-refractivity contribution >= 4 is 17.3 Å². The first-order valence-corrected chi connectivity index (χ1v) is 3.96. The molecule has 2 rings (SSSR count). The van der Waals surface area contributed by atoms with Crippen molar-refractivity contribution in [3.63, 3.8) is 0 Å². The number of anilines is 1. The monoisotopic (exact) mass is 166 g/mol. The quantitative estimate of drug-likeness (QED) is 0.667. The lowest BCUT2D eigenvalue weighted by atomic mass is 10.4. The maximum atomic E-state index is 5.36. The Balaban J connectivity index is 2.45. The predicted octanol–water partition coefficient (Wildman–Crippen LogP) is 1.12. The summed E-state index contributed by atoms with van der Waals surface area (Å²) in [5.74, 6) is 1.09. The molecule has 0 aliphatic rings. The van der Waals surface area contributed by atoms with Gasteiger partial charge in [0.25, 0.3) is 0 Å². The first kappa shape index (κ1) is 6.36. The molecule has 0 aliphatic heterocycles. The molecule has 56 valence electrons. The van der Waals surface area contributed by atoms with Crippen molar-refractivity contribution in [3.05, 3.63) is 17.5 Å². The van der Waals surface area contributed by atoms with E-state index in [1.54, 1.807) is 11.3 Å². The summed E-state index contributed by atoms with van der Waals surface area (Å²) in [6, 6.07) is 3.92. The minimum absolute atomic E-state index is 0.355. The Labute approximate surface area is 67.1 Å². The zero-order valence-corrected chi connectivity index (χ0v) is 6.43. The van der Waals surface area contributed by atoms with Crippen LogP contribution in [0.15, 0.2) is 17.5 Å². The molecule has 5 heteroatoms. The second-order valence-electron chi connectivity index (χ2n) is 2.04. The van der Waals surface area contributed by atoms with Crippen molar-refractivity contribution in [1.82, 2.24) is 15.2 Å². The van der Waals surface area contributed by atoms with Crippen LogP contribution in [0, 0.1) is 0 Å². The van der Waals surface area contributed by atoms with Crippen molar-refractivity contribution in [2.75, 3.05) is 5.73 Å². The smallest absolute Gasteiger partial charge is 0.219 e. The standard InChI is InChI=1S/C6H6N4S/c7-6-8-5(9-10-6)4-2-1-3-11-4/h1-3H,(H3,7,8,9,10). The summed E-state index contributed by atoms with van der Waals surface area (Å²) in [7, 11) is 0. The van der Waals surface area contributed by atoms with E-state index in [4.69, 9.17) is 5.73 Å². The largest absolute Gasteiger partial charge is 0.368 e. The third-order valence-electron chi connectivity index (χ3n) is 1.26. The highest BCUT2D eigenvalue weighted by Gasteiger charge is 2.02. The number of hydrogen-bond acceptors (Lipinski definition) is 4. The van der Waals surface area contributed by atoms with E-state index in [0.717, 1.165) is 10.7 Å². The van der Waals surface area contributed by atoms with E-state index >= 15 is 0 Å². The van der Waals surface area contributed by atoms with Crippen molar-refractivity contribution in [2.45, 2.75) is 0 Å². The van der Waals surface area contributed by atoms with Crippen LogP contribution in [0.4, 0.5) is 5.95 Å². The molecule has 0 bridgehead atoms. The number of thiophene rings is 1. The van der Waals surface area contributed by atoms with Crippen molar-refractivity contribution < 1.29 is 0 Å². The maximum Gasteiger partial charge on any atom is 0.219 e. The summed E-state index contributed by atoms with van der Waals surface area (Å²) in [4.78, 5) is 3.89. The average molecular weight is 166 g/mol. The molecular formula is C6H6N4S. The minimum atomic E-state index is 0.355. The molecule has 0 spiro atoms. The molecule has 0 unspecified atom stereocenters. The molecule has 2 heterocycles. The second-order valence-corrected chi connectivity index (χ2v) is 2.98. The van der Waals surface area contributed by atoms with E-state index in [1.807, 2.05) is 17.5 Å². The third kappa shape index (κ3) is 1.10. The lowest BCUT2D eigenvalue weighted by Gasteiger charge is -1.84. The van der Waals surface area contributed by atoms with Crippen LogP contribution < -0.4 is 5.73 Å². The highest BCUT2D eigenvalue weighted by atomic mass is 32.1. The van der Waals surface area contributed by atoms with Gasteiger partial charge in [-0.2, -0.15) is 0 Å². The van der Waals surface area contributed by atoms with Crippen molar-refractivity contribution in [2.24, 2.45) is 0 Å². The summed E-state index contributed by atoms with van der Waals surface area (Å²) < 4.78 is 0. The fourth-order valence-electron chi connectivity index (χ4n) is 0.799. The van der Waals surface area contributed by atoms with Crippen LogP contribution in [0.5, 0.6) is 0 Å². The van der Waals surface area contributed by atoms with E-state index < -0.39 is 0 Å². The minimum Gasteiger partial charge on any atom is -0.368 e. The van der Waals surface area contributed by atoms with Gasteiger partial charge in [0.15, 0.2) is 5.82 Å². The number of nitrogens with one attached hydrogen (secondary N) is 1.